The number of likely N-dealkylation sites (N-methyl/N-ethyl adjacent to an activating group) is 1. The Balaban J connectivity index is 1.64. The van der Waals surface area contributed by atoms with Gasteiger partial charge >= 0.3 is 0 Å². The number of piperazine rings is 1. The van der Waals surface area contributed by atoms with Crippen molar-refractivity contribution in [1.82, 2.24) is 9.88 Å². The van der Waals surface area contributed by atoms with Gasteiger partial charge in [-0.1, -0.05) is 12.1 Å². The maximum atomic E-state index is 11.0. The minimum Gasteiger partial charge on any atom is -0.462 e. The number of aldehydes is 1. The number of nitrogens with zero attached hydrogens (tertiary/aromatic N) is 3. The molecule has 1 aromatic carbocycles. The Labute approximate surface area is 140 Å². The van der Waals surface area contributed by atoms with Crippen LogP contribution >= 0.6 is 0 Å². The molecule has 0 unspecified atom stereocenters. The molecule has 1 aliphatic heterocycles. The van der Waals surface area contributed by atoms with E-state index in [1.165, 1.54) is 5.69 Å². The Morgan fingerprint density at radius 1 is 1.04 bits per heavy atom. The molecule has 1 saturated heterocycles. The smallest absolute Gasteiger partial charge is 0.168 e. The lowest BCUT2D eigenvalue weighted by Crippen LogP contribution is -2.44. The molecule has 1 aliphatic rings. The molecule has 3 heterocycles. The van der Waals surface area contributed by atoms with Gasteiger partial charge in [0.2, 0.25) is 0 Å². The topological polar surface area (TPSA) is 49.6 Å². The predicted octanol–water partition coefficient (Wildman–Crippen LogP) is 3.06. The molecule has 0 saturated carbocycles. The largest absolute Gasteiger partial charge is 0.462 e. The van der Waals surface area contributed by atoms with E-state index in [4.69, 9.17) is 4.42 Å². The third-order valence-electron chi connectivity index (χ3n) is 4.61. The first kappa shape index (κ1) is 14.9. The zero-order valence-electron chi connectivity index (χ0n) is 13.6. The summed E-state index contributed by atoms with van der Waals surface area (Å²) in [5.74, 6) is 0. The minimum absolute atomic E-state index is 0.416. The Morgan fingerprint density at radius 2 is 1.79 bits per heavy atom. The highest BCUT2D eigenvalue weighted by Crippen LogP contribution is 2.30. The summed E-state index contributed by atoms with van der Waals surface area (Å²) in [4.78, 5) is 20.1. The van der Waals surface area contributed by atoms with Crippen molar-refractivity contribution in [1.29, 1.82) is 0 Å². The van der Waals surface area contributed by atoms with Gasteiger partial charge < -0.3 is 14.2 Å². The van der Waals surface area contributed by atoms with Crippen molar-refractivity contribution >= 4 is 23.1 Å². The number of anilines is 1. The molecule has 24 heavy (non-hydrogen) atoms. The van der Waals surface area contributed by atoms with Gasteiger partial charge in [-0.2, -0.15) is 0 Å². The van der Waals surface area contributed by atoms with Crippen LogP contribution < -0.4 is 4.90 Å². The minimum atomic E-state index is 0.416. The number of hydrogen-bond acceptors (Lipinski definition) is 5. The molecular weight excluding hydrogens is 302 g/mol. The third kappa shape index (κ3) is 2.67. The number of fused-ring (bicyclic) bond motifs is 1. The SMILES string of the molecule is CN1CCN(c2ccc(-c3coc4ccc(C=O)nc34)cc2)CC1. The van der Waals surface area contributed by atoms with Gasteiger partial charge in [-0.05, 0) is 36.9 Å². The summed E-state index contributed by atoms with van der Waals surface area (Å²) in [6, 6.07) is 11.9. The average Bonchev–Trinajstić information content (AvgIpc) is 3.05. The van der Waals surface area contributed by atoms with Crippen molar-refractivity contribution in [2.24, 2.45) is 0 Å². The number of rotatable bonds is 3. The molecule has 5 nitrogen and oxygen atoms in total. The van der Waals surface area contributed by atoms with Crippen LogP contribution in [0.5, 0.6) is 0 Å². The highest BCUT2D eigenvalue weighted by atomic mass is 16.3. The first-order chi connectivity index (χ1) is 11.7. The van der Waals surface area contributed by atoms with Crippen LogP contribution in [0.1, 0.15) is 10.5 Å². The van der Waals surface area contributed by atoms with E-state index < -0.39 is 0 Å². The van der Waals surface area contributed by atoms with Gasteiger partial charge in [0.05, 0.1) is 0 Å². The predicted molar refractivity (Wildman–Crippen MR) is 94.5 cm³/mol. The molecule has 0 aliphatic carbocycles. The van der Waals surface area contributed by atoms with Crippen molar-refractivity contribution in [3.63, 3.8) is 0 Å². The number of furan rings is 1. The molecular formula is C19H19N3O2. The van der Waals surface area contributed by atoms with E-state index in [0.29, 0.717) is 11.3 Å². The molecule has 122 valence electrons. The lowest BCUT2D eigenvalue weighted by Gasteiger charge is -2.34. The maximum absolute atomic E-state index is 11.0. The van der Waals surface area contributed by atoms with Crippen LogP contribution in [-0.2, 0) is 0 Å². The van der Waals surface area contributed by atoms with Crippen LogP contribution in [0, 0.1) is 0 Å². The monoisotopic (exact) mass is 321 g/mol. The molecule has 5 heteroatoms. The molecule has 0 spiro atoms. The van der Waals surface area contributed by atoms with Crippen LogP contribution in [0.2, 0.25) is 0 Å². The highest BCUT2D eigenvalue weighted by Gasteiger charge is 2.15. The normalized spacial score (nSPS) is 15.8. The summed E-state index contributed by atoms with van der Waals surface area (Å²) in [6.45, 7) is 4.28. The van der Waals surface area contributed by atoms with E-state index in [0.717, 1.165) is 49.1 Å². The molecule has 1 fully saturated rings. The maximum Gasteiger partial charge on any atom is 0.168 e. The van der Waals surface area contributed by atoms with E-state index in [1.54, 1.807) is 18.4 Å². The summed E-state index contributed by atoms with van der Waals surface area (Å²) in [5, 5.41) is 0. The second-order valence-corrected chi connectivity index (χ2v) is 6.19. The Morgan fingerprint density at radius 3 is 2.50 bits per heavy atom. The zero-order chi connectivity index (χ0) is 16.5. The number of pyridine rings is 1. The number of benzene rings is 1. The van der Waals surface area contributed by atoms with Gasteiger partial charge in [-0.15, -0.1) is 0 Å². The van der Waals surface area contributed by atoms with Gasteiger partial charge in [0.25, 0.3) is 0 Å². The number of carbonyl (C=O) groups is 1. The van der Waals surface area contributed by atoms with Crippen molar-refractivity contribution in [2.75, 3.05) is 38.1 Å². The van der Waals surface area contributed by atoms with E-state index in [-0.39, 0.29) is 0 Å². The van der Waals surface area contributed by atoms with E-state index in [1.807, 2.05) is 0 Å². The summed E-state index contributed by atoms with van der Waals surface area (Å²) in [6.07, 6.45) is 2.46. The summed E-state index contributed by atoms with van der Waals surface area (Å²) >= 11 is 0. The summed E-state index contributed by atoms with van der Waals surface area (Å²) in [5.41, 5.74) is 5.03. The van der Waals surface area contributed by atoms with Gasteiger partial charge in [-0.25, -0.2) is 4.98 Å². The average molecular weight is 321 g/mol. The zero-order valence-corrected chi connectivity index (χ0v) is 13.6. The molecule has 0 N–H and O–H groups in total. The Kier molecular flexibility index (Phi) is 3.78. The van der Waals surface area contributed by atoms with Crippen LogP contribution in [-0.4, -0.2) is 49.4 Å². The molecule has 0 amide bonds. The van der Waals surface area contributed by atoms with Crippen LogP contribution in [0.25, 0.3) is 22.2 Å². The lowest BCUT2D eigenvalue weighted by molar-refractivity contribution is 0.111. The summed E-state index contributed by atoms with van der Waals surface area (Å²) < 4.78 is 5.57. The first-order valence-electron chi connectivity index (χ1n) is 8.12. The van der Waals surface area contributed by atoms with E-state index in [9.17, 15) is 4.79 Å². The second kappa shape index (κ2) is 6.09. The van der Waals surface area contributed by atoms with Crippen LogP contribution in [0.4, 0.5) is 5.69 Å². The fourth-order valence-electron chi connectivity index (χ4n) is 3.11. The molecule has 0 atom stereocenters. The molecule has 0 radical (unpaired) electrons. The molecule has 3 aromatic rings. The highest BCUT2D eigenvalue weighted by molar-refractivity contribution is 5.92. The van der Waals surface area contributed by atoms with Gasteiger partial charge in [0, 0.05) is 37.4 Å². The van der Waals surface area contributed by atoms with Crippen molar-refractivity contribution in [3.05, 3.63) is 48.4 Å². The van der Waals surface area contributed by atoms with Crippen molar-refractivity contribution in [3.8, 4) is 11.1 Å². The van der Waals surface area contributed by atoms with E-state index >= 15 is 0 Å². The van der Waals surface area contributed by atoms with Gasteiger partial charge in [0.15, 0.2) is 11.9 Å². The summed E-state index contributed by atoms with van der Waals surface area (Å²) in [7, 11) is 2.16. The molecule has 2 aromatic heterocycles. The van der Waals surface area contributed by atoms with Gasteiger partial charge in [-0.3, -0.25) is 4.79 Å². The van der Waals surface area contributed by atoms with Crippen molar-refractivity contribution in [2.45, 2.75) is 0 Å². The third-order valence-corrected chi connectivity index (χ3v) is 4.61. The number of aromatic nitrogens is 1. The second-order valence-electron chi connectivity index (χ2n) is 6.19. The quantitative estimate of drug-likeness (QED) is 0.694. The van der Waals surface area contributed by atoms with Gasteiger partial charge in [0.1, 0.15) is 17.5 Å². The van der Waals surface area contributed by atoms with E-state index in [2.05, 4.69) is 46.1 Å². The standard InChI is InChI=1S/C19H19N3O2/c1-21-8-10-22(11-9-21)16-5-2-14(3-6-16)17-13-24-18-7-4-15(12-23)20-19(17)18/h2-7,12-13H,8-11H2,1H3. The fourth-order valence-corrected chi connectivity index (χ4v) is 3.11. The lowest BCUT2D eigenvalue weighted by atomic mass is 10.1. The molecule has 4 rings (SSSR count). The number of hydrogen-bond donors (Lipinski definition) is 0. The molecule has 0 bridgehead atoms. The number of carbonyl (C=O) groups excluding carboxylic acids is 1. The van der Waals surface area contributed by atoms with Crippen LogP contribution in [0.3, 0.4) is 0 Å². The Bertz CT molecular complexity index is 862. The fraction of sp³-hybridized carbons (Fsp3) is 0.263. The first-order valence-corrected chi connectivity index (χ1v) is 8.12. The Hall–Kier alpha value is -2.66. The van der Waals surface area contributed by atoms with Crippen LogP contribution in [0.15, 0.2) is 47.1 Å². The van der Waals surface area contributed by atoms with Crippen molar-refractivity contribution < 1.29 is 9.21 Å².